The van der Waals surface area contributed by atoms with Crippen LogP contribution in [0.3, 0.4) is 0 Å². The lowest BCUT2D eigenvalue weighted by atomic mass is 10.2. The molecule has 3 rings (SSSR count). The molecule has 0 saturated heterocycles. The molecule has 1 aliphatic carbocycles. The van der Waals surface area contributed by atoms with Gasteiger partial charge in [-0.05, 0) is 12.8 Å². The van der Waals surface area contributed by atoms with Gasteiger partial charge in [0, 0.05) is 13.1 Å². The standard InChI is InChI=1S/C12H16F3N5/c1-16-20-6-9-10(18-11(20)12(13,14)15)19(7-17-9)8-4-2-3-5-8/h7-8,16H,2-6H2,1H3. The fraction of sp³-hybridized carbons (Fsp3) is 0.667. The number of alkyl halides is 3. The van der Waals surface area contributed by atoms with Crippen LogP contribution in [0.1, 0.15) is 37.4 Å². The van der Waals surface area contributed by atoms with Gasteiger partial charge in [0.15, 0.2) is 5.82 Å². The molecule has 0 spiro atoms. The van der Waals surface area contributed by atoms with Gasteiger partial charge in [0.1, 0.15) is 5.69 Å². The Kier molecular flexibility index (Phi) is 3.19. The lowest BCUT2D eigenvalue weighted by molar-refractivity contribution is -0.0719. The molecule has 2 aliphatic rings. The zero-order valence-corrected chi connectivity index (χ0v) is 11.1. The highest BCUT2D eigenvalue weighted by atomic mass is 19.4. The van der Waals surface area contributed by atoms with Gasteiger partial charge in [0.25, 0.3) is 0 Å². The Balaban J connectivity index is 2.01. The highest BCUT2D eigenvalue weighted by Gasteiger charge is 2.43. The molecular formula is C12H16F3N5. The number of nitrogens with one attached hydrogen (secondary N) is 1. The van der Waals surface area contributed by atoms with Crippen molar-refractivity contribution in [2.45, 2.75) is 44.4 Å². The maximum atomic E-state index is 13.0. The Morgan fingerprint density at radius 2 is 2.00 bits per heavy atom. The Labute approximate surface area is 114 Å². The molecule has 2 heterocycles. The summed E-state index contributed by atoms with van der Waals surface area (Å²) < 4.78 is 40.9. The first-order chi connectivity index (χ1) is 9.50. The molecule has 1 N–H and O–H groups in total. The molecule has 110 valence electrons. The third-order valence-corrected chi connectivity index (χ3v) is 3.86. The van der Waals surface area contributed by atoms with E-state index in [4.69, 9.17) is 0 Å². The van der Waals surface area contributed by atoms with E-state index in [1.54, 1.807) is 10.9 Å². The van der Waals surface area contributed by atoms with Crippen molar-refractivity contribution in [1.82, 2.24) is 20.0 Å². The smallest absolute Gasteiger partial charge is 0.312 e. The van der Waals surface area contributed by atoms with Gasteiger partial charge in [-0.2, -0.15) is 13.2 Å². The van der Waals surface area contributed by atoms with Crippen molar-refractivity contribution in [2.24, 2.45) is 4.99 Å². The number of rotatable bonds is 2. The van der Waals surface area contributed by atoms with Gasteiger partial charge in [0.05, 0.1) is 12.9 Å². The van der Waals surface area contributed by atoms with Crippen LogP contribution in [0, 0.1) is 0 Å². The second-order valence-corrected chi connectivity index (χ2v) is 5.10. The average molecular weight is 287 g/mol. The normalized spacial score (nSPS) is 20.2. The van der Waals surface area contributed by atoms with Crippen LogP contribution in [0.15, 0.2) is 11.3 Å². The number of nitrogens with zero attached hydrogens (tertiary/aromatic N) is 4. The molecule has 8 heteroatoms. The Morgan fingerprint density at radius 3 is 2.60 bits per heavy atom. The van der Waals surface area contributed by atoms with Gasteiger partial charge in [-0.3, -0.25) is 5.01 Å². The lowest BCUT2D eigenvalue weighted by Gasteiger charge is -2.29. The summed E-state index contributed by atoms with van der Waals surface area (Å²) in [6, 6.07) is 0.227. The van der Waals surface area contributed by atoms with Crippen molar-refractivity contribution in [1.29, 1.82) is 0 Å². The minimum Gasteiger partial charge on any atom is -0.312 e. The number of imidazole rings is 1. The quantitative estimate of drug-likeness (QED) is 0.909. The molecule has 0 unspecified atom stereocenters. The van der Waals surface area contributed by atoms with Gasteiger partial charge >= 0.3 is 6.18 Å². The van der Waals surface area contributed by atoms with Crippen molar-refractivity contribution in [3.05, 3.63) is 12.0 Å². The summed E-state index contributed by atoms with van der Waals surface area (Å²) in [4.78, 5) is 8.05. The second kappa shape index (κ2) is 4.76. The molecule has 1 aromatic heterocycles. The monoisotopic (exact) mass is 287 g/mol. The lowest BCUT2D eigenvalue weighted by Crippen LogP contribution is -2.48. The van der Waals surface area contributed by atoms with Crippen molar-refractivity contribution in [3.8, 4) is 0 Å². The molecule has 0 atom stereocenters. The first kappa shape index (κ1) is 13.4. The minimum atomic E-state index is -4.48. The number of hydrogen-bond acceptors (Lipinski definition) is 4. The second-order valence-electron chi connectivity index (χ2n) is 5.10. The average Bonchev–Trinajstić information content (AvgIpc) is 3.04. The molecule has 0 amide bonds. The summed E-state index contributed by atoms with van der Waals surface area (Å²) in [5, 5.41) is 0.980. The Bertz CT molecular complexity index is 528. The first-order valence-electron chi connectivity index (χ1n) is 6.67. The Morgan fingerprint density at radius 1 is 1.30 bits per heavy atom. The van der Waals surface area contributed by atoms with E-state index >= 15 is 0 Å². The molecule has 0 bridgehead atoms. The summed E-state index contributed by atoms with van der Waals surface area (Å²) >= 11 is 0. The van der Waals surface area contributed by atoms with E-state index in [0.29, 0.717) is 11.5 Å². The summed E-state index contributed by atoms with van der Waals surface area (Å²) in [5.41, 5.74) is 3.10. The summed E-state index contributed by atoms with van der Waals surface area (Å²) in [6.45, 7) is 0.0733. The van der Waals surface area contributed by atoms with E-state index in [1.165, 1.54) is 7.05 Å². The number of hydrazine groups is 1. The van der Waals surface area contributed by atoms with E-state index in [0.717, 1.165) is 30.7 Å². The van der Waals surface area contributed by atoms with Gasteiger partial charge in [-0.15, -0.1) is 0 Å². The van der Waals surface area contributed by atoms with Crippen LogP contribution in [-0.2, 0) is 6.54 Å². The molecular weight excluding hydrogens is 271 g/mol. The third kappa shape index (κ3) is 2.17. The number of halogens is 3. The van der Waals surface area contributed by atoms with Gasteiger partial charge in [0.2, 0.25) is 5.84 Å². The summed E-state index contributed by atoms with van der Waals surface area (Å²) in [5.74, 6) is -0.553. The van der Waals surface area contributed by atoms with Crippen LogP contribution in [-0.4, -0.2) is 33.6 Å². The van der Waals surface area contributed by atoms with Crippen LogP contribution < -0.4 is 5.43 Å². The van der Waals surface area contributed by atoms with E-state index in [1.807, 2.05) is 0 Å². The summed E-state index contributed by atoms with van der Waals surface area (Å²) in [6.07, 6.45) is 1.32. The number of fused-ring (bicyclic) bond motifs is 1. The van der Waals surface area contributed by atoms with Crippen molar-refractivity contribution >= 4 is 11.7 Å². The van der Waals surface area contributed by atoms with Crippen LogP contribution in [0.5, 0.6) is 0 Å². The fourth-order valence-corrected chi connectivity index (χ4v) is 2.86. The minimum absolute atomic E-state index is 0.0733. The SMILES string of the molecule is CNN1Cc2ncn(C3CCCC3)c2N=C1C(F)(F)F. The largest absolute Gasteiger partial charge is 0.450 e. The molecule has 0 radical (unpaired) electrons. The molecule has 5 nitrogen and oxygen atoms in total. The molecule has 1 aliphatic heterocycles. The highest BCUT2D eigenvalue weighted by Crippen LogP contribution is 2.37. The number of aromatic nitrogens is 2. The summed E-state index contributed by atoms with van der Waals surface area (Å²) in [7, 11) is 1.44. The van der Waals surface area contributed by atoms with Crippen molar-refractivity contribution < 1.29 is 13.2 Å². The van der Waals surface area contributed by atoms with E-state index in [-0.39, 0.29) is 12.6 Å². The maximum absolute atomic E-state index is 13.0. The topological polar surface area (TPSA) is 45.5 Å². The fourth-order valence-electron chi connectivity index (χ4n) is 2.86. The predicted molar refractivity (Wildman–Crippen MR) is 67.5 cm³/mol. The molecule has 20 heavy (non-hydrogen) atoms. The maximum Gasteiger partial charge on any atom is 0.450 e. The van der Waals surface area contributed by atoms with Crippen molar-refractivity contribution in [2.75, 3.05) is 7.05 Å². The number of amidine groups is 1. The van der Waals surface area contributed by atoms with Crippen molar-refractivity contribution in [3.63, 3.8) is 0 Å². The van der Waals surface area contributed by atoms with Gasteiger partial charge < -0.3 is 4.57 Å². The number of aliphatic imine (C=N–C) groups is 1. The van der Waals surface area contributed by atoms with Gasteiger partial charge in [-0.25, -0.2) is 15.4 Å². The van der Waals surface area contributed by atoms with E-state index in [9.17, 15) is 13.2 Å². The van der Waals surface area contributed by atoms with Crippen LogP contribution in [0.25, 0.3) is 0 Å². The highest BCUT2D eigenvalue weighted by molar-refractivity contribution is 5.90. The molecule has 1 fully saturated rings. The first-order valence-corrected chi connectivity index (χ1v) is 6.67. The molecule has 1 aromatic rings. The molecule has 1 saturated carbocycles. The Hall–Kier alpha value is -1.57. The predicted octanol–water partition coefficient (Wildman–Crippen LogP) is 2.54. The zero-order chi connectivity index (χ0) is 14.3. The van der Waals surface area contributed by atoms with Crippen LogP contribution in [0.2, 0.25) is 0 Å². The molecule has 0 aromatic carbocycles. The zero-order valence-electron chi connectivity index (χ0n) is 11.1. The van der Waals surface area contributed by atoms with E-state index < -0.39 is 12.0 Å². The van der Waals surface area contributed by atoms with Crippen LogP contribution in [0.4, 0.5) is 19.0 Å². The van der Waals surface area contributed by atoms with Gasteiger partial charge in [-0.1, -0.05) is 12.8 Å². The number of hydrogen-bond donors (Lipinski definition) is 1. The van der Waals surface area contributed by atoms with E-state index in [2.05, 4.69) is 15.4 Å². The van der Waals surface area contributed by atoms with Crippen LogP contribution >= 0.6 is 0 Å². The third-order valence-electron chi connectivity index (χ3n) is 3.86.